The maximum Gasteiger partial charge on any atom is 0.269 e. The Bertz CT molecular complexity index is 1010. The van der Waals surface area contributed by atoms with Crippen LogP contribution in [0, 0.1) is 17.0 Å². The van der Waals surface area contributed by atoms with Crippen LogP contribution in [0.4, 0.5) is 5.69 Å². The SMILES string of the molecule is Cc1c[nH]c2cccc(OCC(O)CN(Cc3ccc([N+](=O)[O-])cc3)C(C)(C)C)c12. The van der Waals surface area contributed by atoms with Crippen LogP contribution < -0.4 is 4.74 Å². The zero-order chi connectivity index (χ0) is 21.9. The highest BCUT2D eigenvalue weighted by molar-refractivity contribution is 5.89. The third-order valence-corrected chi connectivity index (χ3v) is 5.20. The number of hydrogen-bond acceptors (Lipinski definition) is 5. The highest BCUT2D eigenvalue weighted by Gasteiger charge is 2.24. The molecular formula is C23H29N3O4. The Balaban J connectivity index is 1.65. The second-order valence-corrected chi connectivity index (χ2v) is 8.59. The lowest BCUT2D eigenvalue weighted by atomic mass is 10.0. The number of aryl methyl sites for hydroxylation is 1. The summed E-state index contributed by atoms with van der Waals surface area (Å²) in [5.74, 6) is 0.753. The fraction of sp³-hybridized carbons (Fsp3) is 0.391. The Hall–Kier alpha value is -2.90. The summed E-state index contributed by atoms with van der Waals surface area (Å²) >= 11 is 0. The van der Waals surface area contributed by atoms with Gasteiger partial charge >= 0.3 is 0 Å². The molecule has 0 bridgehead atoms. The summed E-state index contributed by atoms with van der Waals surface area (Å²) in [6, 6.07) is 12.4. The molecule has 1 unspecified atom stereocenters. The Morgan fingerprint density at radius 1 is 1.20 bits per heavy atom. The van der Waals surface area contributed by atoms with Crippen LogP contribution in [0.3, 0.4) is 0 Å². The molecule has 2 N–H and O–H groups in total. The van der Waals surface area contributed by atoms with Crippen molar-refractivity contribution < 1.29 is 14.8 Å². The van der Waals surface area contributed by atoms with Gasteiger partial charge in [-0.2, -0.15) is 0 Å². The molecule has 0 amide bonds. The standard InChI is InChI=1S/C23H29N3O4/c1-16-12-24-20-6-5-7-21(22(16)20)30-15-19(27)14-25(23(2,3)4)13-17-8-10-18(11-9-17)26(28)29/h5-12,19,24,27H,13-15H2,1-4H3. The summed E-state index contributed by atoms with van der Waals surface area (Å²) in [6.07, 6.45) is 1.26. The van der Waals surface area contributed by atoms with Crippen molar-refractivity contribution >= 4 is 16.6 Å². The van der Waals surface area contributed by atoms with E-state index in [2.05, 4.69) is 30.7 Å². The van der Waals surface area contributed by atoms with E-state index in [-0.39, 0.29) is 17.8 Å². The molecule has 1 heterocycles. The van der Waals surface area contributed by atoms with Crippen LogP contribution in [-0.2, 0) is 6.54 Å². The Labute approximate surface area is 176 Å². The highest BCUT2D eigenvalue weighted by Crippen LogP contribution is 2.28. The van der Waals surface area contributed by atoms with Gasteiger partial charge in [0.2, 0.25) is 0 Å². The van der Waals surface area contributed by atoms with Crippen molar-refractivity contribution in [2.24, 2.45) is 0 Å². The number of benzene rings is 2. The number of aliphatic hydroxyl groups is 1. The van der Waals surface area contributed by atoms with Crippen molar-refractivity contribution in [3.63, 3.8) is 0 Å². The van der Waals surface area contributed by atoms with Gasteiger partial charge < -0.3 is 14.8 Å². The van der Waals surface area contributed by atoms with Gasteiger partial charge in [-0.25, -0.2) is 0 Å². The van der Waals surface area contributed by atoms with E-state index < -0.39 is 11.0 Å². The first kappa shape index (κ1) is 21.8. The fourth-order valence-corrected chi connectivity index (χ4v) is 3.45. The molecule has 0 aliphatic rings. The lowest BCUT2D eigenvalue weighted by Crippen LogP contribution is -2.46. The van der Waals surface area contributed by atoms with Crippen molar-refractivity contribution in [3.05, 3.63) is 69.9 Å². The van der Waals surface area contributed by atoms with Gasteiger partial charge in [0.25, 0.3) is 5.69 Å². The van der Waals surface area contributed by atoms with E-state index in [9.17, 15) is 15.2 Å². The molecule has 1 aromatic heterocycles. The minimum absolute atomic E-state index is 0.0729. The van der Waals surface area contributed by atoms with Gasteiger partial charge in [-0.15, -0.1) is 0 Å². The molecule has 0 spiro atoms. The number of hydrogen-bond donors (Lipinski definition) is 2. The summed E-state index contributed by atoms with van der Waals surface area (Å²) in [5, 5.41) is 22.6. The van der Waals surface area contributed by atoms with Crippen LogP contribution in [0.1, 0.15) is 31.9 Å². The quantitative estimate of drug-likeness (QED) is 0.423. The van der Waals surface area contributed by atoms with E-state index in [1.807, 2.05) is 31.3 Å². The van der Waals surface area contributed by atoms with Gasteiger partial charge in [0.05, 0.1) is 4.92 Å². The molecule has 0 aliphatic carbocycles. The van der Waals surface area contributed by atoms with Crippen molar-refractivity contribution in [2.45, 2.75) is 45.9 Å². The van der Waals surface area contributed by atoms with Gasteiger partial charge in [-0.3, -0.25) is 15.0 Å². The third kappa shape index (κ3) is 5.17. The first-order valence-electron chi connectivity index (χ1n) is 10.0. The molecule has 3 aromatic rings. The average molecular weight is 412 g/mol. The largest absolute Gasteiger partial charge is 0.490 e. The molecule has 7 nitrogen and oxygen atoms in total. The smallest absolute Gasteiger partial charge is 0.269 e. The summed E-state index contributed by atoms with van der Waals surface area (Å²) in [6.45, 7) is 9.43. The monoisotopic (exact) mass is 411 g/mol. The number of ether oxygens (including phenoxy) is 1. The summed E-state index contributed by atoms with van der Waals surface area (Å²) in [5.41, 5.74) is 2.94. The summed E-state index contributed by atoms with van der Waals surface area (Å²) in [4.78, 5) is 15.8. The predicted molar refractivity (Wildman–Crippen MR) is 118 cm³/mol. The lowest BCUT2D eigenvalue weighted by Gasteiger charge is -2.37. The summed E-state index contributed by atoms with van der Waals surface area (Å²) < 4.78 is 5.95. The number of H-pyrrole nitrogens is 1. The van der Waals surface area contributed by atoms with Crippen LogP contribution in [0.25, 0.3) is 10.9 Å². The van der Waals surface area contributed by atoms with Crippen LogP contribution in [0.15, 0.2) is 48.7 Å². The molecule has 0 saturated carbocycles. The van der Waals surface area contributed by atoms with Gasteiger partial charge in [-0.05, 0) is 51.0 Å². The van der Waals surface area contributed by atoms with E-state index in [0.29, 0.717) is 13.1 Å². The number of aromatic amines is 1. The number of nitrogens with one attached hydrogen (secondary N) is 1. The molecule has 7 heteroatoms. The van der Waals surface area contributed by atoms with Gasteiger partial charge in [0.1, 0.15) is 18.5 Å². The van der Waals surface area contributed by atoms with Crippen LogP contribution in [0.2, 0.25) is 0 Å². The Morgan fingerprint density at radius 3 is 2.53 bits per heavy atom. The first-order valence-corrected chi connectivity index (χ1v) is 10.0. The third-order valence-electron chi connectivity index (χ3n) is 5.20. The molecule has 0 aliphatic heterocycles. The molecule has 0 saturated heterocycles. The molecule has 2 aromatic carbocycles. The van der Waals surface area contributed by atoms with E-state index in [4.69, 9.17) is 4.74 Å². The topological polar surface area (TPSA) is 91.6 Å². The van der Waals surface area contributed by atoms with E-state index in [1.54, 1.807) is 12.1 Å². The molecule has 30 heavy (non-hydrogen) atoms. The molecular weight excluding hydrogens is 382 g/mol. The predicted octanol–water partition coefficient (Wildman–Crippen LogP) is 4.42. The number of nitro benzene ring substituents is 1. The van der Waals surface area contributed by atoms with Crippen LogP contribution in [0.5, 0.6) is 5.75 Å². The highest BCUT2D eigenvalue weighted by atomic mass is 16.6. The Morgan fingerprint density at radius 2 is 1.90 bits per heavy atom. The zero-order valence-electron chi connectivity index (χ0n) is 17.9. The fourth-order valence-electron chi connectivity index (χ4n) is 3.45. The van der Waals surface area contributed by atoms with Gasteiger partial charge in [0.15, 0.2) is 0 Å². The van der Waals surface area contributed by atoms with Crippen molar-refractivity contribution in [1.82, 2.24) is 9.88 Å². The lowest BCUT2D eigenvalue weighted by molar-refractivity contribution is -0.384. The Kier molecular flexibility index (Phi) is 6.43. The van der Waals surface area contributed by atoms with Gasteiger partial charge in [0, 0.05) is 47.9 Å². The maximum atomic E-state index is 10.9. The number of aromatic nitrogens is 1. The zero-order valence-corrected chi connectivity index (χ0v) is 17.9. The van der Waals surface area contributed by atoms with Crippen molar-refractivity contribution in [3.8, 4) is 5.75 Å². The number of non-ortho nitro benzene ring substituents is 1. The minimum atomic E-state index is -0.684. The van der Waals surface area contributed by atoms with Crippen molar-refractivity contribution in [2.75, 3.05) is 13.2 Å². The maximum absolute atomic E-state index is 10.9. The average Bonchev–Trinajstić information content (AvgIpc) is 3.07. The molecule has 0 radical (unpaired) electrons. The number of nitrogens with zero attached hydrogens (tertiary/aromatic N) is 2. The first-order chi connectivity index (χ1) is 14.1. The second kappa shape index (κ2) is 8.85. The second-order valence-electron chi connectivity index (χ2n) is 8.59. The normalized spacial score (nSPS) is 13.0. The number of rotatable bonds is 8. The van der Waals surface area contributed by atoms with E-state index in [1.165, 1.54) is 12.1 Å². The molecule has 160 valence electrons. The molecule has 1 atom stereocenters. The van der Waals surface area contributed by atoms with E-state index >= 15 is 0 Å². The van der Waals surface area contributed by atoms with Crippen molar-refractivity contribution in [1.29, 1.82) is 0 Å². The number of fused-ring (bicyclic) bond motifs is 1. The summed E-state index contributed by atoms with van der Waals surface area (Å²) in [7, 11) is 0. The van der Waals surface area contributed by atoms with Crippen LogP contribution >= 0.6 is 0 Å². The number of β-amino-alcohol motifs (C(OH)–C–C–N with tert-alkyl or cyclic N) is 1. The number of aliphatic hydroxyl groups excluding tert-OH is 1. The molecule has 0 fully saturated rings. The number of nitro groups is 1. The van der Waals surface area contributed by atoms with Gasteiger partial charge in [-0.1, -0.05) is 18.2 Å². The van der Waals surface area contributed by atoms with E-state index in [0.717, 1.165) is 27.8 Å². The molecule has 3 rings (SSSR count). The van der Waals surface area contributed by atoms with Crippen LogP contribution in [-0.4, -0.2) is 44.7 Å². The minimum Gasteiger partial charge on any atom is -0.490 e.